The van der Waals surface area contributed by atoms with Crippen molar-refractivity contribution in [1.82, 2.24) is 0 Å². The first kappa shape index (κ1) is 16.2. The SMILES string of the molecule is C#CCN(c1ccc(NC(=O)OC)cc1)c1cccc(OC)c1. The van der Waals surface area contributed by atoms with Crippen LogP contribution in [0.1, 0.15) is 0 Å². The number of ether oxygens (including phenoxy) is 2. The van der Waals surface area contributed by atoms with Crippen molar-refractivity contribution in [3.05, 3.63) is 48.5 Å². The van der Waals surface area contributed by atoms with Crippen LogP contribution >= 0.6 is 0 Å². The molecule has 0 bridgehead atoms. The second-order valence-corrected chi connectivity index (χ2v) is 4.66. The third kappa shape index (κ3) is 4.17. The summed E-state index contributed by atoms with van der Waals surface area (Å²) in [5.74, 6) is 3.41. The number of nitrogens with zero attached hydrogens (tertiary/aromatic N) is 1. The summed E-state index contributed by atoms with van der Waals surface area (Å²) in [6.45, 7) is 0.414. The maximum Gasteiger partial charge on any atom is 0.411 e. The quantitative estimate of drug-likeness (QED) is 0.857. The Bertz CT molecular complexity index is 705. The lowest BCUT2D eigenvalue weighted by Gasteiger charge is -2.23. The lowest BCUT2D eigenvalue weighted by Crippen LogP contribution is -2.17. The molecule has 0 radical (unpaired) electrons. The maximum absolute atomic E-state index is 11.2. The molecule has 0 aromatic heterocycles. The van der Waals surface area contributed by atoms with E-state index in [-0.39, 0.29) is 0 Å². The van der Waals surface area contributed by atoms with E-state index < -0.39 is 6.09 Å². The number of rotatable bonds is 5. The van der Waals surface area contributed by atoms with Gasteiger partial charge in [-0.3, -0.25) is 5.32 Å². The van der Waals surface area contributed by atoms with E-state index in [9.17, 15) is 4.79 Å². The van der Waals surface area contributed by atoms with E-state index in [0.717, 1.165) is 17.1 Å². The summed E-state index contributed by atoms with van der Waals surface area (Å²) in [7, 11) is 2.94. The smallest absolute Gasteiger partial charge is 0.411 e. The molecule has 1 amide bonds. The minimum atomic E-state index is -0.508. The standard InChI is InChI=1S/C18H18N2O3/c1-4-12-20(16-6-5-7-17(13-16)22-2)15-10-8-14(9-11-15)19-18(21)23-3/h1,5-11,13H,12H2,2-3H3,(H,19,21). The number of carbonyl (C=O) groups excluding carboxylic acids is 1. The molecule has 0 aliphatic rings. The van der Waals surface area contributed by atoms with Gasteiger partial charge < -0.3 is 14.4 Å². The molecule has 5 nitrogen and oxygen atoms in total. The van der Waals surface area contributed by atoms with Crippen molar-refractivity contribution in [1.29, 1.82) is 0 Å². The van der Waals surface area contributed by atoms with Crippen molar-refractivity contribution >= 4 is 23.2 Å². The van der Waals surface area contributed by atoms with Crippen LogP contribution in [0.4, 0.5) is 21.9 Å². The molecule has 2 aromatic carbocycles. The molecule has 1 N–H and O–H groups in total. The van der Waals surface area contributed by atoms with E-state index in [0.29, 0.717) is 12.2 Å². The zero-order valence-corrected chi connectivity index (χ0v) is 13.1. The molecular weight excluding hydrogens is 292 g/mol. The van der Waals surface area contributed by atoms with Crippen LogP contribution in [0.25, 0.3) is 0 Å². The summed E-state index contributed by atoms with van der Waals surface area (Å²) in [6.07, 6.45) is 4.98. The van der Waals surface area contributed by atoms with Gasteiger partial charge in [-0.2, -0.15) is 0 Å². The Labute approximate surface area is 135 Å². The van der Waals surface area contributed by atoms with Gasteiger partial charge in [-0.15, -0.1) is 6.42 Å². The van der Waals surface area contributed by atoms with Gasteiger partial charge in [0, 0.05) is 23.1 Å². The van der Waals surface area contributed by atoms with Crippen molar-refractivity contribution in [2.45, 2.75) is 0 Å². The van der Waals surface area contributed by atoms with Crippen LogP contribution < -0.4 is 15.0 Å². The normalized spacial score (nSPS) is 9.61. The molecule has 0 saturated heterocycles. The number of hydrogen-bond donors (Lipinski definition) is 1. The Morgan fingerprint density at radius 2 is 1.91 bits per heavy atom. The Balaban J connectivity index is 2.27. The number of amides is 1. The first-order chi connectivity index (χ1) is 11.2. The molecule has 0 heterocycles. The fourth-order valence-corrected chi connectivity index (χ4v) is 2.09. The van der Waals surface area contributed by atoms with Gasteiger partial charge in [-0.05, 0) is 36.4 Å². The fraction of sp³-hybridized carbons (Fsp3) is 0.167. The van der Waals surface area contributed by atoms with Gasteiger partial charge in [0.05, 0.1) is 20.8 Å². The third-order valence-electron chi connectivity index (χ3n) is 3.23. The minimum absolute atomic E-state index is 0.414. The molecule has 0 aliphatic carbocycles. The monoisotopic (exact) mass is 310 g/mol. The summed E-state index contributed by atoms with van der Waals surface area (Å²) < 4.78 is 9.82. The Morgan fingerprint density at radius 1 is 1.17 bits per heavy atom. The second kappa shape index (κ2) is 7.76. The largest absolute Gasteiger partial charge is 0.497 e. The van der Waals surface area contributed by atoms with Crippen molar-refractivity contribution in [3.8, 4) is 18.1 Å². The number of benzene rings is 2. The van der Waals surface area contributed by atoms with E-state index in [2.05, 4.69) is 16.0 Å². The molecular formula is C18H18N2O3. The van der Waals surface area contributed by atoms with Crippen LogP contribution in [0.3, 0.4) is 0 Å². The zero-order valence-electron chi connectivity index (χ0n) is 13.1. The molecule has 0 spiro atoms. The molecule has 5 heteroatoms. The zero-order chi connectivity index (χ0) is 16.7. The van der Waals surface area contributed by atoms with E-state index in [1.807, 2.05) is 41.3 Å². The molecule has 0 aliphatic heterocycles. The number of terminal acetylenes is 1. The lowest BCUT2D eigenvalue weighted by molar-refractivity contribution is 0.187. The van der Waals surface area contributed by atoms with E-state index >= 15 is 0 Å². The summed E-state index contributed by atoms with van der Waals surface area (Å²) in [5, 5.41) is 2.61. The third-order valence-corrected chi connectivity index (χ3v) is 3.23. The molecule has 0 saturated carbocycles. The van der Waals surface area contributed by atoms with Crippen molar-refractivity contribution in [3.63, 3.8) is 0 Å². The number of carbonyl (C=O) groups is 1. The highest BCUT2D eigenvalue weighted by Gasteiger charge is 2.09. The highest BCUT2D eigenvalue weighted by atomic mass is 16.5. The van der Waals surface area contributed by atoms with Crippen LogP contribution in [-0.2, 0) is 4.74 Å². The summed E-state index contributed by atoms with van der Waals surface area (Å²) in [6, 6.07) is 15.0. The van der Waals surface area contributed by atoms with Crippen LogP contribution in [-0.4, -0.2) is 26.9 Å². The second-order valence-electron chi connectivity index (χ2n) is 4.66. The maximum atomic E-state index is 11.2. The topological polar surface area (TPSA) is 50.8 Å². The average molecular weight is 310 g/mol. The van der Waals surface area contributed by atoms with E-state index in [1.54, 1.807) is 19.2 Å². The van der Waals surface area contributed by atoms with Gasteiger partial charge in [0.25, 0.3) is 0 Å². The van der Waals surface area contributed by atoms with Crippen LogP contribution in [0, 0.1) is 12.3 Å². The van der Waals surface area contributed by atoms with Gasteiger partial charge in [-0.25, -0.2) is 4.79 Å². The lowest BCUT2D eigenvalue weighted by atomic mass is 10.2. The molecule has 118 valence electrons. The van der Waals surface area contributed by atoms with Gasteiger partial charge in [-0.1, -0.05) is 12.0 Å². The van der Waals surface area contributed by atoms with Crippen LogP contribution in [0.2, 0.25) is 0 Å². The molecule has 0 atom stereocenters. The Kier molecular flexibility index (Phi) is 5.48. The van der Waals surface area contributed by atoms with Crippen LogP contribution in [0.15, 0.2) is 48.5 Å². The number of hydrogen-bond acceptors (Lipinski definition) is 4. The predicted molar refractivity (Wildman–Crippen MR) is 91.3 cm³/mol. The number of anilines is 3. The van der Waals surface area contributed by atoms with E-state index in [1.165, 1.54) is 7.11 Å². The van der Waals surface area contributed by atoms with Gasteiger partial charge in [0.15, 0.2) is 0 Å². The van der Waals surface area contributed by atoms with E-state index in [4.69, 9.17) is 11.2 Å². The molecule has 0 fully saturated rings. The highest BCUT2D eigenvalue weighted by Crippen LogP contribution is 2.28. The highest BCUT2D eigenvalue weighted by molar-refractivity contribution is 5.85. The average Bonchev–Trinajstić information content (AvgIpc) is 2.60. The molecule has 0 unspecified atom stereocenters. The molecule has 2 rings (SSSR count). The first-order valence-electron chi connectivity index (χ1n) is 6.98. The van der Waals surface area contributed by atoms with Crippen molar-refractivity contribution < 1.29 is 14.3 Å². The van der Waals surface area contributed by atoms with Crippen molar-refractivity contribution in [2.75, 3.05) is 31.0 Å². The van der Waals surface area contributed by atoms with Gasteiger partial charge >= 0.3 is 6.09 Å². The summed E-state index contributed by atoms with van der Waals surface area (Å²) in [4.78, 5) is 13.2. The number of nitrogens with one attached hydrogen (secondary N) is 1. The van der Waals surface area contributed by atoms with Gasteiger partial charge in [0.1, 0.15) is 5.75 Å². The minimum Gasteiger partial charge on any atom is -0.497 e. The first-order valence-corrected chi connectivity index (χ1v) is 6.98. The number of methoxy groups -OCH3 is 2. The van der Waals surface area contributed by atoms with Crippen molar-refractivity contribution in [2.24, 2.45) is 0 Å². The summed E-state index contributed by atoms with van der Waals surface area (Å²) >= 11 is 0. The fourth-order valence-electron chi connectivity index (χ4n) is 2.09. The predicted octanol–water partition coefficient (Wildman–Crippen LogP) is 3.64. The Morgan fingerprint density at radius 3 is 2.52 bits per heavy atom. The summed E-state index contributed by atoms with van der Waals surface area (Å²) in [5.41, 5.74) is 2.48. The molecule has 2 aromatic rings. The Hall–Kier alpha value is -3.13. The van der Waals surface area contributed by atoms with Crippen LogP contribution in [0.5, 0.6) is 5.75 Å². The van der Waals surface area contributed by atoms with Gasteiger partial charge in [0.2, 0.25) is 0 Å². The molecule has 23 heavy (non-hydrogen) atoms.